The van der Waals surface area contributed by atoms with Crippen molar-refractivity contribution >= 4 is 23.4 Å². The molecule has 0 spiro atoms. The Bertz CT molecular complexity index is 1100. The Morgan fingerprint density at radius 3 is 2.67 bits per heavy atom. The summed E-state index contributed by atoms with van der Waals surface area (Å²) in [6, 6.07) is 20.8. The van der Waals surface area contributed by atoms with E-state index in [2.05, 4.69) is 16.2 Å². The average Bonchev–Trinajstić information content (AvgIpc) is 3.12. The van der Waals surface area contributed by atoms with Gasteiger partial charge >= 0.3 is 0 Å². The molecule has 2 heterocycles. The molecule has 0 bridgehead atoms. The van der Waals surface area contributed by atoms with Crippen LogP contribution in [0.3, 0.4) is 0 Å². The van der Waals surface area contributed by atoms with Crippen LogP contribution in [0.2, 0.25) is 0 Å². The van der Waals surface area contributed by atoms with Crippen LogP contribution >= 0.6 is 12.4 Å². The highest BCUT2D eigenvalue weighted by molar-refractivity contribution is 5.92. The Morgan fingerprint density at radius 1 is 1.07 bits per heavy atom. The molecule has 134 valence electrons. The average molecular weight is 377 g/mol. The molecule has 0 radical (unpaired) electrons. The number of aromatic nitrogens is 2. The number of hydrogen-bond donors (Lipinski definition) is 1. The van der Waals surface area contributed by atoms with Crippen LogP contribution < -0.4 is 5.73 Å². The van der Waals surface area contributed by atoms with Gasteiger partial charge in [-0.1, -0.05) is 29.4 Å². The molecular weight excluding hydrogens is 360 g/mol. The van der Waals surface area contributed by atoms with Gasteiger partial charge in [-0.2, -0.15) is 5.26 Å². The lowest BCUT2D eigenvalue weighted by atomic mass is 9.92. The summed E-state index contributed by atoms with van der Waals surface area (Å²) in [5.74, 6) is 0. The Hall–Kier alpha value is -3.20. The van der Waals surface area contributed by atoms with Crippen molar-refractivity contribution in [2.75, 3.05) is 0 Å². The summed E-state index contributed by atoms with van der Waals surface area (Å²) in [4.78, 5) is 4.35. The highest BCUT2D eigenvalue weighted by atomic mass is 35.5. The van der Waals surface area contributed by atoms with Crippen LogP contribution in [0.1, 0.15) is 22.9 Å². The van der Waals surface area contributed by atoms with Crippen LogP contribution in [0, 0.1) is 11.3 Å². The Morgan fingerprint density at radius 2 is 1.89 bits per heavy atom. The fourth-order valence-electron chi connectivity index (χ4n) is 3.09. The Kier molecular flexibility index (Phi) is 5.51. The number of halogens is 1. The molecule has 0 aliphatic rings. The topological polar surface area (TPSA) is 88.7 Å². The third kappa shape index (κ3) is 3.68. The maximum Gasteiger partial charge on any atom is 0.167 e. The number of para-hydroxylation sites is 1. The summed E-state index contributed by atoms with van der Waals surface area (Å²) < 4.78 is 5.44. The first-order valence-electron chi connectivity index (χ1n) is 8.30. The number of hydrogen-bond acceptors (Lipinski definition) is 5. The molecule has 2 aromatic heterocycles. The van der Waals surface area contributed by atoms with Crippen LogP contribution in [0.25, 0.3) is 22.2 Å². The van der Waals surface area contributed by atoms with E-state index in [-0.39, 0.29) is 18.4 Å². The van der Waals surface area contributed by atoms with Gasteiger partial charge in [0.2, 0.25) is 0 Å². The number of nitrogens with zero attached hydrogens (tertiary/aromatic N) is 3. The molecule has 0 aliphatic heterocycles. The molecule has 4 rings (SSSR count). The molecule has 0 saturated carbocycles. The van der Waals surface area contributed by atoms with Crippen LogP contribution in [-0.2, 0) is 6.42 Å². The maximum absolute atomic E-state index is 9.29. The zero-order chi connectivity index (χ0) is 17.9. The molecule has 5 nitrogen and oxygen atoms in total. The molecule has 6 heteroatoms. The summed E-state index contributed by atoms with van der Waals surface area (Å²) >= 11 is 0. The summed E-state index contributed by atoms with van der Waals surface area (Å²) in [5, 5.41) is 14.5. The normalized spacial score (nSPS) is 11.6. The fraction of sp³-hybridized carbons (Fsp3) is 0.0952. The molecule has 4 aromatic rings. The second kappa shape index (κ2) is 8.00. The predicted octanol–water partition coefficient (Wildman–Crippen LogP) is 4.43. The third-order valence-corrected chi connectivity index (χ3v) is 4.37. The van der Waals surface area contributed by atoms with E-state index >= 15 is 0 Å². The van der Waals surface area contributed by atoms with E-state index in [0.717, 1.165) is 33.5 Å². The van der Waals surface area contributed by atoms with Gasteiger partial charge in [0.1, 0.15) is 5.69 Å². The van der Waals surface area contributed by atoms with Crippen molar-refractivity contribution in [3.05, 3.63) is 83.7 Å². The molecule has 0 fully saturated rings. The summed E-state index contributed by atoms with van der Waals surface area (Å²) in [6.45, 7) is 0. The number of pyridine rings is 1. The van der Waals surface area contributed by atoms with E-state index in [4.69, 9.17) is 10.3 Å². The van der Waals surface area contributed by atoms with Gasteiger partial charge in [-0.05, 0) is 42.0 Å². The summed E-state index contributed by atoms with van der Waals surface area (Å²) in [6.07, 6.45) is 2.32. The Labute approximate surface area is 162 Å². The summed E-state index contributed by atoms with van der Waals surface area (Å²) in [7, 11) is 0. The minimum absolute atomic E-state index is 0. The molecule has 1 atom stereocenters. The van der Waals surface area contributed by atoms with Crippen molar-refractivity contribution in [2.24, 2.45) is 5.73 Å². The summed E-state index contributed by atoms with van der Waals surface area (Å²) in [5.41, 5.74) is 11.1. The lowest BCUT2D eigenvalue weighted by Gasteiger charge is -2.16. The lowest BCUT2D eigenvalue weighted by Crippen LogP contribution is -2.15. The molecule has 0 aliphatic carbocycles. The zero-order valence-electron chi connectivity index (χ0n) is 14.4. The zero-order valence-corrected chi connectivity index (χ0v) is 15.2. The smallest absolute Gasteiger partial charge is 0.167 e. The first-order valence-corrected chi connectivity index (χ1v) is 8.30. The molecule has 2 aromatic carbocycles. The SMILES string of the molecule is Cl.N#Cc1ccc(-c2noc3ccccc23)c([C@@H](N)Cc2ccccn2)c1. The van der Waals surface area contributed by atoms with Crippen LogP contribution in [0.5, 0.6) is 0 Å². The van der Waals surface area contributed by atoms with Crippen LogP contribution in [-0.4, -0.2) is 10.1 Å². The van der Waals surface area contributed by atoms with Gasteiger partial charge in [-0.15, -0.1) is 12.4 Å². The van der Waals surface area contributed by atoms with E-state index in [1.54, 1.807) is 12.3 Å². The fourth-order valence-corrected chi connectivity index (χ4v) is 3.09. The van der Waals surface area contributed by atoms with Crippen molar-refractivity contribution in [1.82, 2.24) is 10.1 Å². The van der Waals surface area contributed by atoms with Gasteiger partial charge in [0.05, 0.1) is 11.6 Å². The minimum atomic E-state index is -0.316. The number of rotatable bonds is 4. The highest BCUT2D eigenvalue weighted by Crippen LogP contribution is 2.33. The van der Waals surface area contributed by atoms with E-state index in [1.807, 2.05) is 54.6 Å². The second-order valence-corrected chi connectivity index (χ2v) is 6.07. The Balaban J connectivity index is 0.00000210. The van der Waals surface area contributed by atoms with Crippen LogP contribution in [0.15, 0.2) is 71.4 Å². The minimum Gasteiger partial charge on any atom is -0.356 e. The van der Waals surface area contributed by atoms with Crippen molar-refractivity contribution in [3.8, 4) is 17.3 Å². The first-order chi connectivity index (χ1) is 12.8. The molecule has 27 heavy (non-hydrogen) atoms. The van der Waals surface area contributed by atoms with E-state index < -0.39 is 0 Å². The number of benzene rings is 2. The number of fused-ring (bicyclic) bond motifs is 1. The van der Waals surface area contributed by atoms with Crippen molar-refractivity contribution in [2.45, 2.75) is 12.5 Å². The van der Waals surface area contributed by atoms with Crippen molar-refractivity contribution in [1.29, 1.82) is 5.26 Å². The molecule has 0 amide bonds. The quantitative estimate of drug-likeness (QED) is 0.569. The molecule has 0 unspecified atom stereocenters. The van der Waals surface area contributed by atoms with Gasteiger partial charge in [0, 0.05) is 35.3 Å². The molecule has 2 N–H and O–H groups in total. The number of nitriles is 1. The van der Waals surface area contributed by atoms with Crippen molar-refractivity contribution < 1.29 is 4.52 Å². The van der Waals surface area contributed by atoms with E-state index in [0.29, 0.717) is 12.0 Å². The van der Waals surface area contributed by atoms with E-state index in [9.17, 15) is 5.26 Å². The lowest BCUT2D eigenvalue weighted by molar-refractivity contribution is 0.459. The van der Waals surface area contributed by atoms with Gasteiger partial charge in [-0.3, -0.25) is 4.98 Å². The van der Waals surface area contributed by atoms with Crippen LogP contribution in [0.4, 0.5) is 0 Å². The maximum atomic E-state index is 9.29. The van der Waals surface area contributed by atoms with E-state index in [1.165, 1.54) is 0 Å². The first kappa shape index (κ1) is 18.6. The molecular formula is C21H17ClN4O. The van der Waals surface area contributed by atoms with Gasteiger partial charge in [0.25, 0.3) is 0 Å². The predicted molar refractivity (Wildman–Crippen MR) is 106 cm³/mol. The second-order valence-electron chi connectivity index (χ2n) is 6.07. The number of nitrogens with two attached hydrogens (primary N) is 1. The van der Waals surface area contributed by atoms with Gasteiger partial charge in [-0.25, -0.2) is 0 Å². The standard InChI is InChI=1S/C21H16N4O.ClH/c22-13-14-8-9-16(21-17-6-1-2-7-20(17)26-25-21)18(11-14)19(23)12-15-5-3-4-10-24-15;/h1-11,19H,12,23H2;1H/t19-;/m0./s1. The highest BCUT2D eigenvalue weighted by Gasteiger charge is 2.19. The van der Waals surface area contributed by atoms with Gasteiger partial charge < -0.3 is 10.3 Å². The van der Waals surface area contributed by atoms with Crippen molar-refractivity contribution in [3.63, 3.8) is 0 Å². The molecule has 0 saturated heterocycles. The van der Waals surface area contributed by atoms with Gasteiger partial charge in [0.15, 0.2) is 5.58 Å². The monoisotopic (exact) mass is 376 g/mol. The third-order valence-electron chi connectivity index (χ3n) is 4.37. The largest absolute Gasteiger partial charge is 0.356 e.